The van der Waals surface area contributed by atoms with E-state index in [-0.39, 0.29) is 24.4 Å². The standard InChI is InChI=1S/C19H27N3O.ClH/c1-14-13-18(19(23)21-12-8-11-20-4)16(3)22(14)15(2)17-9-6-5-7-10-17;/h5-7,9-10,13,15,20H,8,11-12H2,1-4H3,(H,21,23);1H. The molecule has 0 spiro atoms. The molecule has 2 N–H and O–H groups in total. The SMILES string of the molecule is CNCCCNC(=O)c1cc(C)n(C(C)c2ccccc2)c1C.Cl. The van der Waals surface area contributed by atoms with Gasteiger partial charge in [-0.1, -0.05) is 30.3 Å². The monoisotopic (exact) mass is 349 g/mol. The van der Waals surface area contributed by atoms with Crippen LogP contribution in [0.5, 0.6) is 0 Å². The smallest absolute Gasteiger partial charge is 0.253 e. The Balaban J connectivity index is 0.00000288. The summed E-state index contributed by atoms with van der Waals surface area (Å²) >= 11 is 0. The van der Waals surface area contributed by atoms with Gasteiger partial charge in [-0.25, -0.2) is 0 Å². The lowest BCUT2D eigenvalue weighted by molar-refractivity contribution is 0.0952. The minimum absolute atomic E-state index is 0. The molecular formula is C19H28ClN3O. The first-order valence-electron chi connectivity index (χ1n) is 8.22. The Hall–Kier alpha value is -1.78. The molecule has 2 rings (SSSR count). The first-order chi connectivity index (χ1) is 11.1. The number of halogens is 1. The number of aromatic nitrogens is 1. The van der Waals surface area contributed by atoms with Crippen LogP contribution in [0.4, 0.5) is 0 Å². The number of hydrogen-bond donors (Lipinski definition) is 2. The van der Waals surface area contributed by atoms with Gasteiger partial charge in [0.2, 0.25) is 0 Å². The fourth-order valence-electron chi connectivity index (χ4n) is 3.05. The van der Waals surface area contributed by atoms with Crippen LogP contribution >= 0.6 is 12.4 Å². The number of amides is 1. The fraction of sp³-hybridized carbons (Fsp3) is 0.421. The van der Waals surface area contributed by atoms with Gasteiger partial charge in [0.1, 0.15) is 0 Å². The van der Waals surface area contributed by atoms with Crippen molar-refractivity contribution in [3.8, 4) is 0 Å². The number of hydrogen-bond acceptors (Lipinski definition) is 2. The maximum Gasteiger partial charge on any atom is 0.253 e. The van der Waals surface area contributed by atoms with E-state index in [4.69, 9.17) is 0 Å². The van der Waals surface area contributed by atoms with E-state index in [1.165, 1.54) is 5.56 Å². The summed E-state index contributed by atoms with van der Waals surface area (Å²) in [5.41, 5.74) is 4.15. The summed E-state index contributed by atoms with van der Waals surface area (Å²) in [4.78, 5) is 12.4. The zero-order valence-electron chi connectivity index (χ0n) is 14.9. The average molecular weight is 350 g/mol. The first kappa shape index (κ1) is 20.3. The van der Waals surface area contributed by atoms with E-state index in [1.807, 2.05) is 26.1 Å². The van der Waals surface area contributed by atoms with Crippen LogP contribution in [-0.2, 0) is 0 Å². The molecule has 5 heteroatoms. The summed E-state index contributed by atoms with van der Waals surface area (Å²) in [5, 5.41) is 6.09. The molecule has 0 radical (unpaired) electrons. The average Bonchev–Trinajstić information content (AvgIpc) is 2.86. The molecule has 1 atom stereocenters. The second-order valence-electron chi connectivity index (χ2n) is 5.95. The lowest BCUT2D eigenvalue weighted by Crippen LogP contribution is -2.27. The third-order valence-electron chi connectivity index (χ3n) is 4.29. The number of rotatable bonds is 7. The zero-order valence-corrected chi connectivity index (χ0v) is 15.7. The normalized spacial score (nSPS) is 11.7. The predicted molar refractivity (Wildman–Crippen MR) is 102 cm³/mol. The molecule has 1 amide bonds. The molecule has 0 bridgehead atoms. The van der Waals surface area contributed by atoms with Gasteiger partial charge in [-0.15, -0.1) is 12.4 Å². The van der Waals surface area contributed by atoms with Crippen molar-refractivity contribution in [2.24, 2.45) is 0 Å². The molecule has 0 aliphatic rings. The van der Waals surface area contributed by atoms with Crippen molar-refractivity contribution in [2.45, 2.75) is 33.2 Å². The molecule has 0 fully saturated rings. The van der Waals surface area contributed by atoms with Gasteiger partial charge in [-0.05, 0) is 52.4 Å². The number of carbonyl (C=O) groups is 1. The molecule has 1 aromatic heterocycles. The van der Waals surface area contributed by atoms with Gasteiger partial charge in [0.15, 0.2) is 0 Å². The summed E-state index contributed by atoms with van der Waals surface area (Å²) in [6.45, 7) is 7.85. The zero-order chi connectivity index (χ0) is 16.8. The molecule has 0 saturated carbocycles. The van der Waals surface area contributed by atoms with E-state index >= 15 is 0 Å². The van der Waals surface area contributed by atoms with Crippen molar-refractivity contribution in [2.75, 3.05) is 20.1 Å². The van der Waals surface area contributed by atoms with Crippen LogP contribution in [0.1, 0.15) is 46.7 Å². The Morgan fingerprint density at radius 1 is 1.17 bits per heavy atom. The summed E-state index contributed by atoms with van der Waals surface area (Å²) < 4.78 is 2.23. The predicted octanol–water partition coefficient (Wildman–Crippen LogP) is 3.48. The van der Waals surface area contributed by atoms with Gasteiger partial charge in [0.05, 0.1) is 11.6 Å². The van der Waals surface area contributed by atoms with Crippen molar-refractivity contribution < 1.29 is 4.79 Å². The number of carbonyl (C=O) groups excluding carboxylic acids is 1. The van der Waals surface area contributed by atoms with Crippen LogP contribution in [0.3, 0.4) is 0 Å². The van der Waals surface area contributed by atoms with E-state index in [0.717, 1.165) is 29.9 Å². The first-order valence-corrected chi connectivity index (χ1v) is 8.22. The molecule has 0 saturated heterocycles. The van der Waals surface area contributed by atoms with Crippen LogP contribution in [0, 0.1) is 13.8 Å². The molecule has 0 aliphatic heterocycles. The van der Waals surface area contributed by atoms with Crippen LogP contribution in [0.15, 0.2) is 36.4 Å². The quantitative estimate of drug-likeness (QED) is 0.752. The van der Waals surface area contributed by atoms with Crippen LogP contribution in [0.25, 0.3) is 0 Å². The van der Waals surface area contributed by atoms with E-state index in [1.54, 1.807) is 0 Å². The highest BCUT2D eigenvalue weighted by Crippen LogP contribution is 2.25. The van der Waals surface area contributed by atoms with Crippen molar-refractivity contribution in [3.63, 3.8) is 0 Å². The summed E-state index contributed by atoms with van der Waals surface area (Å²) in [5.74, 6) is 0.0146. The Labute approximate surface area is 151 Å². The van der Waals surface area contributed by atoms with Gasteiger partial charge in [-0.2, -0.15) is 0 Å². The van der Waals surface area contributed by atoms with Gasteiger partial charge >= 0.3 is 0 Å². The van der Waals surface area contributed by atoms with Crippen LogP contribution < -0.4 is 10.6 Å². The lowest BCUT2D eigenvalue weighted by Gasteiger charge is -2.19. The Kier molecular flexibility index (Phi) is 8.02. The Morgan fingerprint density at radius 2 is 1.83 bits per heavy atom. The summed E-state index contributed by atoms with van der Waals surface area (Å²) in [6.07, 6.45) is 0.932. The van der Waals surface area contributed by atoms with Crippen molar-refractivity contribution in [1.82, 2.24) is 15.2 Å². The summed E-state index contributed by atoms with van der Waals surface area (Å²) in [7, 11) is 1.92. The van der Waals surface area contributed by atoms with E-state index in [2.05, 4.69) is 53.3 Å². The van der Waals surface area contributed by atoms with Crippen LogP contribution in [-0.4, -0.2) is 30.6 Å². The van der Waals surface area contributed by atoms with Gasteiger partial charge in [-0.3, -0.25) is 4.79 Å². The van der Waals surface area contributed by atoms with Crippen molar-refractivity contribution in [3.05, 3.63) is 58.9 Å². The molecule has 0 aliphatic carbocycles. The van der Waals surface area contributed by atoms with Gasteiger partial charge in [0.25, 0.3) is 5.91 Å². The number of benzene rings is 1. The number of nitrogens with one attached hydrogen (secondary N) is 2. The second-order valence-corrected chi connectivity index (χ2v) is 5.95. The molecule has 2 aromatic rings. The second kappa shape index (κ2) is 9.50. The van der Waals surface area contributed by atoms with E-state index in [9.17, 15) is 4.79 Å². The minimum atomic E-state index is 0. The van der Waals surface area contributed by atoms with E-state index < -0.39 is 0 Å². The van der Waals surface area contributed by atoms with Crippen LogP contribution in [0.2, 0.25) is 0 Å². The topological polar surface area (TPSA) is 46.1 Å². The molecule has 1 heterocycles. The highest BCUT2D eigenvalue weighted by atomic mass is 35.5. The van der Waals surface area contributed by atoms with Crippen molar-refractivity contribution in [1.29, 1.82) is 0 Å². The van der Waals surface area contributed by atoms with Crippen molar-refractivity contribution >= 4 is 18.3 Å². The minimum Gasteiger partial charge on any atom is -0.352 e. The number of aryl methyl sites for hydroxylation is 1. The third kappa shape index (κ3) is 4.62. The molecule has 1 unspecified atom stereocenters. The van der Waals surface area contributed by atoms with E-state index in [0.29, 0.717) is 6.54 Å². The molecule has 1 aromatic carbocycles. The van der Waals surface area contributed by atoms with Gasteiger partial charge in [0, 0.05) is 17.9 Å². The highest BCUT2D eigenvalue weighted by molar-refractivity contribution is 5.95. The maximum absolute atomic E-state index is 12.4. The Bertz CT molecular complexity index is 652. The third-order valence-corrected chi connectivity index (χ3v) is 4.29. The molecule has 4 nitrogen and oxygen atoms in total. The molecule has 24 heavy (non-hydrogen) atoms. The maximum atomic E-state index is 12.4. The molecule has 132 valence electrons. The fourth-order valence-corrected chi connectivity index (χ4v) is 3.05. The number of nitrogens with zero attached hydrogens (tertiary/aromatic N) is 1. The highest BCUT2D eigenvalue weighted by Gasteiger charge is 2.19. The molecular weight excluding hydrogens is 322 g/mol. The van der Waals surface area contributed by atoms with Gasteiger partial charge < -0.3 is 15.2 Å². The Morgan fingerprint density at radius 3 is 2.46 bits per heavy atom. The lowest BCUT2D eigenvalue weighted by atomic mass is 10.1. The largest absolute Gasteiger partial charge is 0.352 e. The summed E-state index contributed by atoms with van der Waals surface area (Å²) in [6, 6.07) is 12.6.